The van der Waals surface area contributed by atoms with Gasteiger partial charge in [-0.2, -0.15) is 0 Å². The molecule has 1 atom stereocenters. The van der Waals surface area contributed by atoms with Gasteiger partial charge in [-0.1, -0.05) is 30.3 Å². The standard InChI is InChI=1S/C20H22N2O4S/c1-13-7-3-4-8-15(13)22-20(26)14(2)27-17-10-6-5-9-16(17)21-18(23)11-12-19(24)25/h3-10,14H,11-12H2,1-2H3,(H,21,23)(H,22,26)(H,24,25)/t14-/m0/s1. The van der Waals surface area contributed by atoms with E-state index < -0.39 is 5.97 Å². The van der Waals surface area contributed by atoms with Gasteiger partial charge in [0.15, 0.2) is 0 Å². The number of thioether (sulfide) groups is 1. The van der Waals surface area contributed by atoms with Crippen molar-refractivity contribution in [3.8, 4) is 0 Å². The third-order valence-electron chi connectivity index (χ3n) is 3.80. The normalized spacial score (nSPS) is 11.5. The molecule has 0 heterocycles. The summed E-state index contributed by atoms with van der Waals surface area (Å²) >= 11 is 1.33. The van der Waals surface area contributed by atoms with Gasteiger partial charge in [-0.3, -0.25) is 14.4 Å². The number of rotatable bonds is 8. The monoisotopic (exact) mass is 386 g/mol. The highest BCUT2D eigenvalue weighted by atomic mass is 32.2. The Hall–Kier alpha value is -2.80. The number of hydrogen-bond acceptors (Lipinski definition) is 4. The lowest BCUT2D eigenvalue weighted by Gasteiger charge is -2.16. The molecular formula is C20H22N2O4S. The van der Waals surface area contributed by atoms with Gasteiger partial charge in [0.05, 0.1) is 17.4 Å². The van der Waals surface area contributed by atoms with E-state index in [0.29, 0.717) is 5.69 Å². The highest BCUT2D eigenvalue weighted by molar-refractivity contribution is 8.00. The first-order chi connectivity index (χ1) is 12.9. The Morgan fingerprint density at radius 2 is 1.59 bits per heavy atom. The maximum atomic E-state index is 12.5. The van der Waals surface area contributed by atoms with Gasteiger partial charge in [-0.15, -0.1) is 11.8 Å². The zero-order chi connectivity index (χ0) is 19.8. The first-order valence-electron chi connectivity index (χ1n) is 8.50. The fraction of sp³-hybridized carbons (Fsp3) is 0.250. The van der Waals surface area contributed by atoms with Gasteiger partial charge in [0.1, 0.15) is 0 Å². The lowest BCUT2D eigenvalue weighted by molar-refractivity contribution is -0.138. The zero-order valence-corrected chi connectivity index (χ0v) is 16.0. The van der Waals surface area contributed by atoms with Gasteiger partial charge in [-0.25, -0.2) is 0 Å². The summed E-state index contributed by atoms with van der Waals surface area (Å²) < 4.78 is 0. The second-order valence-corrected chi connectivity index (χ2v) is 7.38. The van der Waals surface area contributed by atoms with Crippen LogP contribution in [0.2, 0.25) is 0 Å². The van der Waals surface area contributed by atoms with Crippen LogP contribution >= 0.6 is 11.8 Å². The third-order valence-corrected chi connectivity index (χ3v) is 4.98. The fourth-order valence-corrected chi connectivity index (χ4v) is 3.25. The van der Waals surface area contributed by atoms with Crippen molar-refractivity contribution in [2.24, 2.45) is 0 Å². The minimum Gasteiger partial charge on any atom is -0.481 e. The highest BCUT2D eigenvalue weighted by Crippen LogP contribution is 2.31. The molecule has 0 unspecified atom stereocenters. The smallest absolute Gasteiger partial charge is 0.303 e. The summed E-state index contributed by atoms with van der Waals surface area (Å²) in [6.45, 7) is 3.72. The average Bonchev–Trinajstić information content (AvgIpc) is 2.63. The first kappa shape index (κ1) is 20.5. The topological polar surface area (TPSA) is 95.5 Å². The number of anilines is 2. The minimum atomic E-state index is -1.02. The van der Waals surface area contributed by atoms with E-state index in [9.17, 15) is 14.4 Å². The quantitative estimate of drug-likeness (QED) is 0.598. The summed E-state index contributed by atoms with van der Waals surface area (Å²) in [5, 5.41) is 13.9. The average molecular weight is 386 g/mol. The molecule has 3 N–H and O–H groups in total. The van der Waals surface area contributed by atoms with Crippen LogP contribution in [0.5, 0.6) is 0 Å². The van der Waals surface area contributed by atoms with Crippen LogP contribution in [0.1, 0.15) is 25.3 Å². The number of nitrogens with one attached hydrogen (secondary N) is 2. The third kappa shape index (κ3) is 6.45. The number of hydrogen-bond donors (Lipinski definition) is 3. The molecule has 2 rings (SSSR count). The Labute approximate surface area is 162 Å². The van der Waals surface area contributed by atoms with E-state index in [2.05, 4.69) is 10.6 Å². The molecule has 7 heteroatoms. The molecule has 27 heavy (non-hydrogen) atoms. The van der Waals surface area contributed by atoms with Crippen molar-refractivity contribution in [1.82, 2.24) is 0 Å². The second kappa shape index (κ2) is 9.78. The predicted octanol–water partition coefficient (Wildman–Crippen LogP) is 3.92. The molecular weight excluding hydrogens is 364 g/mol. The molecule has 2 aromatic carbocycles. The molecule has 2 amide bonds. The molecule has 0 aliphatic rings. The second-order valence-electron chi connectivity index (χ2n) is 6.00. The van der Waals surface area contributed by atoms with Gasteiger partial charge < -0.3 is 15.7 Å². The number of carboxylic acids is 1. The summed E-state index contributed by atoms with van der Waals surface area (Å²) in [4.78, 5) is 35.7. The fourth-order valence-electron chi connectivity index (χ4n) is 2.30. The van der Waals surface area contributed by atoms with Gasteiger partial charge >= 0.3 is 5.97 Å². The Morgan fingerprint density at radius 1 is 0.963 bits per heavy atom. The van der Waals surface area contributed by atoms with Crippen molar-refractivity contribution in [1.29, 1.82) is 0 Å². The van der Waals surface area contributed by atoms with E-state index in [0.717, 1.165) is 16.1 Å². The maximum absolute atomic E-state index is 12.5. The number of para-hydroxylation sites is 2. The van der Waals surface area contributed by atoms with Crippen LogP contribution in [0.3, 0.4) is 0 Å². The number of amides is 2. The van der Waals surface area contributed by atoms with Crippen molar-refractivity contribution in [2.45, 2.75) is 36.8 Å². The summed E-state index contributed by atoms with van der Waals surface area (Å²) in [5.41, 5.74) is 2.31. The van der Waals surface area contributed by atoms with Crippen LogP contribution in [-0.2, 0) is 14.4 Å². The van der Waals surface area contributed by atoms with Crippen molar-refractivity contribution in [3.63, 3.8) is 0 Å². The summed E-state index contributed by atoms with van der Waals surface area (Å²) in [7, 11) is 0. The largest absolute Gasteiger partial charge is 0.481 e. The van der Waals surface area contributed by atoms with Crippen LogP contribution in [-0.4, -0.2) is 28.1 Å². The zero-order valence-electron chi connectivity index (χ0n) is 15.2. The van der Waals surface area contributed by atoms with E-state index in [-0.39, 0.29) is 29.9 Å². The lowest BCUT2D eigenvalue weighted by Crippen LogP contribution is -2.23. The molecule has 0 fully saturated rings. The number of aryl methyl sites for hydroxylation is 1. The molecule has 0 spiro atoms. The molecule has 6 nitrogen and oxygen atoms in total. The van der Waals surface area contributed by atoms with Gasteiger partial charge in [0.25, 0.3) is 0 Å². The number of carbonyl (C=O) groups excluding carboxylic acids is 2. The molecule has 0 aliphatic carbocycles. The van der Waals surface area contributed by atoms with Crippen LogP contribution in [0.15, 0.2) is 53.4 Å². The SMILES string of the molecule is Cc1ccccc1NC(=O)[C@H](C)Sc1ccccc1NC(=O)CCC(=O)O. The van der Waals surface area contributed by atoms with E-state index >= 15 is 0 Å². The number of carboxylic acid groups (broad SMARTS) is 1. The predicted molar refractivity (Wildman–Crippen MR) is 107 cm³/mol. The van der Waals surface area contributed by atoms with Crippen LogP contribution < -0.4 is 10.6 Å². The minimum absolute atomic E-state index is 0.0995. The van der Waals surface area contributed by atoms with E-state index in [1.807, 2.05) is 43.3 Å². The van der Waals surface area contributed by atoms with E-state index in [4.69, 9.17) is 5.11 Å². The number of benzene rings is 2. The van der Waals surface area contributed by atoms with Gasteiger partial charge in [-0.05, 0) is 37.6 Å². The number of aliphatic carboxylic acids is 1. The molecule has 142 valence electrons. The van der Waals surface area contributed by atoms with E-state index in [1.54, 1.807) is 19.1 Å². The van der Waals surface area contributed by atoms with Crippen LogP contribution in [0.4, 0.5) is 11.4 Å². The molecule has 0 radical (unpaired) electrons. The van der Waals surface area contributed by atoms with Crippen molar-refractivity contribution >= 4 is 40.9 Å². The Bertz CT molecular complexity index is 838. The molecule has 0 aliphatic heterocycles. The lowest BCUT2D eigenvalue weighted by atomic mass is 10.2. The molecule has 2 aromatic rings. The number of carbonyl (C=O) groups is 3. The first-order valence-corrected chi connectivity index (χ1v) is 9.38. The Kier molecular flexibility index (Phi) is 7.43. The molecule has 0 saturated carbocycles. The van der Waals surface area contributed by atoms with Crippen LogP contribution in [0, 0.1) is 6.92 Å². The summed E-state index contributed by atoms with van der Waals surface area (Å²) in [6, 6.07) is 14.7. The summed E-state index contributed by atoms with van der Waals surface area (Å²) in [5.74, 6) is -1.53. The van der Waals surface area contributed by atoms with Crippen molar-refractivity contribution in [2.75, 3.05) is 10.6 Å². The molecule has 0 bridgehead atoms. The van der Waals surface area contributed by atoms with E-state index in [1.165, 1.54) is 11.8 Å². The molecule has 0 saturated heterocycles. The van der Waals surface area contributed by atoms with Gasteiger partial charge in [0.2, 0.25) is 11.8 Å². The summed E-state index contributed by atoms with van der Waals surface area (Å²) in [6.07, 6.45) is -0.325. The Morgan fingerprint density at radius 3 is 2.26 bits per heavy atom. The van der Waals surface area contributed by atoms with Crippen molar-refractivity contribution in [3.05, 3.63) is 54.1 Å². The maximum Gasteiger partial charge on any atom is 0.303 e. The Balaban J connectivity index is 2.01. The van der Waals surface area contributed by atoms with Crippen molar-refractivity contribution < 1.29 is 19.5 Å². The van der Waals surface area contributed by atoms with Crippen LogP contribution in [0.25, 0.3) is 0 Å². The molecule has 0 aromatic heterocycles. The highest BCUT2D eigenvalue weighted by Gasteiger charge is 2.17. The van der Waals surface area contributed by atoms with Gasteiger partial charge in [0, 0.05) is 17.0 Å².